The molecule has 62 valence electrons. The van der Waals surface area contributed by atoms with Gasteiger partial charge in [0.15, 0.2) is 0 Å². The second-order valence-corrected chi connectivity index (χ2v) is 2.96. The van der Waals surface area contributed by atoms with Crippen molar-refractivity contribution in [1.29, 1.82) is 0 Å². The van der Waals surface area contributed by atoms with Gasteiger partial charge in [-0.25, -0.2) is 0 Å². The highest BCUT2D eigenvalue weighted by Gasteiger charge is 1.95. The fourth-order valence-electron chi connectivity index (χ4n) is 0.751. The molecule has 0 bridgehead atoms. The Bertz CT molecular complexity index is 236. The van der Waals surface area contributed by atoms with Gasteiger partial charge in [-0.05, 0) is 23.8 Å². The first-order valence-electron chi connectivity index (χ1n) is 2.98. The van der Waals surface area contributed by atoms with E-state index in [1.165, 1.54) is 0 Å². The summed E-state index contributed by atoms with van der Waals surface area (Å²) in [4.78, 5) is 0. The second kappa shape index (κ2) is 4.36. The molecule has 3 heteroatoms. The zero-order valence-corrected chi connectivity index (χ0v) is 7.06. The van der Waals surface area contributed by atoms with Crippen molar-refractivity contribution >= 4 is 21.6 Å². The molecule has 0 aliphatic rings. The van der Waals surface area contributed by atoms with Crippen LogP contribution in [0.2, 0.25) is 0 Å². The van der Waals surface area contributed by atoms with Crippen LogP contribution in [-0.2, 0) is 6.54 Å². The maximum atomic E-state index is 5.60. The minimum Gasteiger partial charge on any atom is -0.398 e. The SMILES string of the molecule is C.NCc1cc(Br)ccc1N. The molecule has 1 aromatic rings. The lowest BCUT2D eigenvalue weighted by Crippen LogP contribution is -2.00. The third-order valence-electron chi connectivity index (χ3n) is 1.32. The molecule has 2 nitrogen and oxygen atoms in total. The summed E-state index contributed by atoms with van der Waals surface area (Å²) in [6.45, 7) is 0.491. The normalized spacial score (nSPS) is 8.91. The molecule has 0 heterocycles. The summed E-state index contributed by atoms with van der Waals surface area (Å²) < 4.78 is 1.02. The van der Waals surface area contributed by atoms with Crippen LogP contribution in [0.15, 0.2) is 22.7 Å². The first-order chi connectivity index (χ1) is 4.74. The van der Waals surface area contributed by atoms with Crippen molar-refractivity contribution in [1.82, 2.24) is 0 Å². The number of hydrogen-bond donors (Lipinski definition) is 2. The van der Waals surface area contributed by atoms with E-state index in [4.69, 9.17) is 11.5 Å². The molecule has 11 heavy (non-hydrogen) atoms. The highest BCUT2D eigenvalue weighted by molar-refractivity contribution is 9.10. The van der Waals surface area contributed by atoms with Crippen molar-refractivity contribution in [3.05, 3.63) is 28.2 Å². The molecule has 0 amide bonds. The van der Waals surface area contributed by atoms with Crippen LogP contribution in [-0.4, -0.2) is 0 Å². The fraction of sp³-hybridized carbons (Fsp3) is 0.250. The molecule has 0 saturated heterocycles. The van der Waals surface area contributed by atoms with Crippen molar-refractivity contribution in [2.24, 2.45) is 5.73 Å². The summed E-state index contributed by atoms with van der Waals surface area (Å²) in [6, 6.07) is 5.66. The summed E-state index contributed by atoms with van der Waals surface area (Å²) in [7, 11) is 0. The molecule has 0 saturated carbocycles. The fourth-order valence-corrected chi connectivity index (χ4v) is 1.16. The maximum absolute atomic E-state index is 5.60. The monoisotopic (exact) mass is 216 g/mol. The molecule has 4 N–H and O–H groups in total. The van der Waals surface area contributed by atoms with E-state index in [9.17, 15) is 0 Å². The Morgan fingerprint density at radius 2 is 2.00 bits per heavy atom. The number of halogens is 1. The van der Waals surface area contributed by atoms with Crippen LogP contribution in [0, 0.1) is 0 Å². The van der Waals surface area contributed by atoms with Crippen molar-refractivity contribution < 1.29 is 0 Å². The average molecular weight is 217 g/mol. The lowest BCUT2D eigenvalue weighted by Gasteiger charge is -2.01. The maximum Gasteiger partial charge on any atom is 0.0360 e. The van der Waals surface area contributed by atoms with Gasteiger partial charge in [0, 0.05) is 16.7 Å². The zero-order chi connectivity index (χ0) is 7.56. The molecule has 0 fully saturated rings. The van der Waals surface area contributed by atoms with Crippen LogP contribution in [0.1, 0.15) is 13.0 Å². The van der Waals surface area contributed by atoms with Gasteiger partial charge in [-0.3, -0.25) is 0 Å². The van der Waals surface area contributed by atoms with Crippen LogP contribution in [0.3, 0.4) is 0 Å². The Morgan fingerprint density at radius 1 is 1.36 bits per heavy atom. The van der Waals surface area contributed by atoms with Gasteiger partial charge in [-0.15, -0.1) is 0 Å². The number of nitrogen functional groups attached to an aromatic ring is 1. The van der Waals surface area contributed by atoms with Crippen LogP contribution in [0.25, 0.3) is 0 Å². The van der Waals surface area contributed by atoms with E-state index < -0.39 is 0 Å². The third kappa shape index (κ3) is 2.52. The van der Waals surface area contributed by atoms with Gasteiger partial charge >= 0.3 is 0 Å². The minimum atomic E-state index is 0. The van der Waals surface area contributed by atoms with Crippen molar-refractivity contribution in [3.63, 3.8) is 0 Å². The van der Waals surface area contributed by atoms with E-state index >= 15 is 0 Å². The van der Waals surface area contributed by atoms with E-state index in [1.807, 2.05) is 18.2 Å². The lowest BCUT2D eigenvalue weighted by atomic mass is 10.2. The highest BCUT2D eigenvalue weighted by atomic mass is 79.9. The Hall–Kier alpha value is -0.540. The number of hydrogen-bond acceptors (Lipinski definition) is 2. The van der Waals surface area contributed by atoms with Gasteiger partial charge in [-0.2, -0.15) is 0 Å². The molecule has 0 radical (unpaired) electrons. The summed E-state index contributed by atoms with van der Waals surface area (Å²) in [5.74, 6) is 0. The molecular weight excluding hydrogens is 204 g/mol. The standard InChI is InChI=1S/C7H9BrN2.CH4/c8-6-1-2-7(10)5(3-6)4-9;/h1-3H,4,9-10H2;1H4. The number of nitrogens with two attached hydrogens (primary N) is 2. The number of anilines is 1. The average Bonchev–Trinajstić information content (AvgIpc) is 1.94. The van der Waals surface area contributed by atoms with Gasteiger partial charge in [-0.1, -0.05) is 23.4 Å². The van der Waals surface area contributed by atoms with Gasteiger partial charge < -0.3 is 11.5 Å². The van der Waals surface area contributed by atoms with E-state index in [2.05, 4.69) is 15.9 Å². The van der Waals surface area contributed by atoms with E-state index in [1.54, 1.807) is 0 Å². The molecule has 0 aliphatic heterocycles. The van der Waals surface area contributed by atoms with Gasteiger partial charge in [0.05, 0.1) is 0 Å². The summed E-state index contributed by atoms with van der Waals surface area (Å²) in [5.41, 5.74) is 12.8. The Morgan fingerprint density at radius 3 is 2.45 bits per heavy atom. The first-order valence-corrected chi connectivity index (χ1v) is 3.77. The second-order valence-electron chi connectivity index (χ2n) is 2.05. The van der Waals surface area contributed by atoms with Crippen LogP contribution < -0.4 is 11.5 Å². The van der Waals surface area contributed by atoms with Crippen LogP contribution >= 0.6 is 15.9 Å². The van der Waals surface area contributed by atoms with Crippen LogP contribution in [0.5, 0.6) is 0 Å². The lowest BCUT2D eigenvalue weighted by molar-refractivity contribution is 1.07. The Balaban J connectivity index is 0.000001000. The molecule has 1 rings (SSSR count). The topological polar surface area (TPSA) is 52.0 Å². The van der Waals surface area contributed by atoms with Gasteiger partial charge in [0.2, 0.25) is 0 Å². The first kappa shape index (κ1) is 10.5. The third-order valence-corrected chi connectivity index (χ3v) is 1.82. The molecule has 0 aliphatic carbocycles. The largest absolute Gasteiger partial charge is 0.398 e. The summed E-state index contributed by atoms with van der Waals surface area (Å²) >= 11 is 3.33. The van der Waals surface area contributed by atoms with E-state index in [0.29, 0.717) is 6.54 Å². The van der Waals surface area contributed by atoms with Crippen molar-refractivity contribution in [3.8, 4) is 0 Å². The predicted molar refractivity (Wildman–Crippen MR) is 53.2 cm³/mol. The summed E-state index contributed by atoms with van der Waals surface area (Å²) in [5, 5.41) is 0. The zero-order valence-electron chi connectivity index (χ0n) is 5.47. The Labute approximate surface area is 75.7 Å². The smallest absolute Gasteiger partial charge is 0.0360 e. The number of benzene rings is 1. The predicted octanol–water partition coefficient (Wildman–Crippen LogP) is 2.13. The van der Waals surface area contributed by atoms with Crippen molar-refractivity contribution in [2.45, 2.75) is 14.0 Å². The van der Waals surface area contributed by atoms with Gasteiger partial charge in [0.25, 0.3) is 0 Å². The van der Waals surface area contributed by atoms with Crippen LogP contribution in [0.4, 0.5) is 5.69 Å². The molecule has 0 aromatic heterocycles. The Kier molecular flexibility index (Phi) is 4.15. The molecule has 0 spiro atoms. The molecule has 0 unspecified atom stereocenters. The summed E-state index contributed by atoms with van der Waals surface area (Å²) in [6.07, 6.45) is 0. The molecule has 1 aromatic carbocycles. The molecule has 0 atom stereocenters. The number of rotatable bonds is 1. The minimum absolute atomic E-state index is 0. The molecular formula is C8H13BrN2. The van der Waals surface area contributed by atoms with Gasteiger partial charge in [0.1, 0.15) is 0 Å². The van der Waals surface area contributed by atoms with E-state index in [-0.39, 0.29) is 7.43 Å². The quantitative estimate of drug-likeness (QED) is 0.708. The van der Waals surface area contributed by atoms with E-state index in [0.717, 1.165) is 15.7 Å². The van der Waals surface area contributed by atoms with Crippen molar-refractivity contribution in [2.75, 3.05) is 5.73 Å². The highest BCUT2D eigenvalue weighted by Crippen LogP contribution is 2.17.